The maximum Gasteiger partial charge on any atom is 0.125 e. The van der Waals surface area contributed by atoms with E-state index >= 15 is 0 Å². The van der Waals surface area contributed by atoms with Crippen molar-refractivity contribution in [2.24, 2.45) is 0 Å². The van der Waals surface area contributed by atoms with Gasteiger partial charge in [-0.3, -0.25) is 4.90 Å². The van der Waals surface area contributed by atoms with Gasteiger partial charge in [0, 0.05) is 50.4 Å². The number of anilines is 1. The van der Waals surface area contributed by atoms with E-state index in [0.717, 1.165) is 56.1 Å². The lowest BCUT2D eigenvalue weighted by Crippen LogP contribution is -2.47. The van der Waals surface area contributed by atoms with E-state index in [0.29, 0.717) is 0 Å². The Labute approximate surface area is 185 Å². The molecule has 0 aromatic heterocycles. The predicted octanol–water partition coefficient (Wildman–Crippen LogP) is 4.82. The number of para-hydroxylation sites is 1. The zero-order chi connectivity index (χ0) is 21.5. The van der Waals surface area contributed by atoms with Crippen molar-refractivity contribution in [3.8, 4) is 5.75 Å². The molecular weight excluding hydrogens is 384 g/mol. The van der Waals surface area contributed by atoms with Gasteiger partial charge in [-0.15, -0.1) is 0 Å². The highest BCUT2D eigenvalue weighted by Gasteiger charge is 2.21. The summed E-state index contributed by atoms with van der Waals surface area (Å²) in [7, 11) is 0. The van der Waals surface area contributed by atoms with E-state index in [1.54, 1.807) is 0 Å². The Morgan fingerprint density at radius 3 is 2.23 bits per heavy atom. The van der Waals surface area contributed by atoms with Crippen LogP contribution in [0.25, 0.3) is 0 Å². The van der Waals surface area contributed by atoms with Crippen LogP contribution in [0.1, 0.15) is 29.2 Å². The first-order chi connectivity index (χ1) is 15.2. The molecule has 162 valence electrons. The average Bonchev–Trinajstić information content (AvgIpc) is 2.84. The zero-order valence-electron chi connectivity index (χ0n) is 18.3. The van der Waals surface area contributed by atoms with Crippen LogP contribution in [0, 0.1) is 6.92 Å². The van der Waals surface area contributed by atoms with Crippen molar-refractivity contribution in [3.63, 3.8) is 0 Å². The molecular formula is C27H32N2O2. The lowest BCUT2D eigenvalue weighted by atomic mass is 10.1. The highest BCUT2D eigenvalue weighted by atomic mass is 16.5. The highest BCUT2D eigenvalue weighted by Crippen LogP contribution is 2.26. The summed E-state index contributed by atoms with van der Waals surface area (Å²) in [5, 5.41) is 9.64. The van der Waals surface area contributed by atoms with Gasteiger partial charge in [0.05, 0.1) is 6.61 Å². The molecule has 0 spiro atoms. The van der Waals surface area contributed by atoms with Gasteiger partial charge < -0.3 is 14.7 Å². The fraction of sp³-hybridized carbons (Fsp3) is 0.333. The number of hydrogen-bond donors (Lipinski definition) is 1. The highest BCUT2D eigenvalue weighted by molar-refractivity contribution is 5.53. The van der Waals surface area contributed by atoms with Gasteiger partial charge >= 0.3 is 0 Å². The smallest absolute Gasteiger partial charge is 0.125 e. The summed E-state index contributed by atoms with van der Waals surface area (Å²) in [6, 6.07) is 27.0. The maximum absolute atomic E-state index is 9.64. The first-order valence-electron chi connectivity index (χ1n) is 11.2. The van der Waals surface area contributed by atoms with Gasteiger partial charge in [0.25, 0.3) is 0 Å². The standard InChI is InChI=1S/C27H32N2O2/c1-22-11-13-25(14-12-22)31-27(23-7-3-2-4-8-23)15-16-28-17-19-29(20-18-28)26-10-6-5-9-24(26)21-30/h2-14,27,30H,15-21H2,1H3. The first kappa shape index (κ1) is 21.4. The third-order valence-corrected chi connectivity index (χ3v) is 6.05. The molecule has 0 radical (unpaired) electrons. The third kappa shape index (κ3) is 5.66. The van der Waals surface area contributed by atoms with E-state index in [9.17, 15) is 5.11 Å². The van der Waals surface area contributed by atoms with E-state index < -0.39 is 0 Å². The minimum Gasteiger partial charge on any atom is -0.486 e. The molecule has 4 nitrogen and oxygen atoms in total. The molecule has 1 atom stereocenters. The van der Waals surface area contributed by atoms with Crippen LogP contribution in [0.3, 0.4) is 0 Å². The van der Waals surface area contributed by atoms with Crippen LogP contribution in [0.15, 0.2) is 78.9 Å². The molecule has 31 heavy (non-hydrogen) atoms. The Kier molecular flexibility index (Phi) is 7.23. The van der Waals surface area contributed by atoms with E-state index in [4.69, 9.17) is 4.74 Å². The summed E-state index contributed by atoms with van der Waals surface area (Å²) in [5.41, 5.74) is 4.63. The topological polar surface area (TPSA) is 35.9 Å². The molecule has 1 aliphatic rings. The van der Waals surface area contributed by atoms with Crippen LogP contribution >= 0.6 is 0 Å². The molecule has 0 saturated carbocycles. The van der Waals surface area contributed by atoms with E-state index in [2.05, 4.69) is 77.4 Å². The molecule has 4 heteroatoms. The van der Waals surface area contributed by atoms with Gasteiger partial charge in [0.15, 0.2) is 0 Å². The van der Waals surface area contributed by atoms with Gasteiger partial charge in [-0.05, 0) is 30.7 Å². The average molecular weight is 417 g/mol. The van der Waals surface area contributed by atoms with E-state index in [1.807, 2.05) is 18.2 Å². The third-order valence-electron chi connectivity index (χ3n) is 6.05. The van der Waals surface area contributed by atoms with Gasteiger partial charge in [-0.2, -0.15) is 0 Å². The second-order valence-electron chi connectivity index (χ2n) is 8.23. The normalized spacial score (nSPS) is 15.6. The summed E-state index contributed by atoms with van der Waals surface area (Å²) in [4.78, 5) is 4.91. The van der Waals surface area contributed by atoms with Crippen molar-refractivity contribution < 1.29 is 9.84 Å². The molecule has 0 bridgehead atoms. The Morgan fingerprint density at radius 2 is 1.52 bits per heavy atom. The molecule has 0 aliphatic carbocycles. The van der Waals surface area contributed by atoms with Crippen molar-refractivity contribution in [1.29, 1.82) is 0 Å². The minimum absolute atomic E-state index is 0.0389. The Bertz CT molecular complexity index is 935. The van der Waals surface area contributed by atoms with Gasteiger partial charge in [0.1, 0.15) is 11.9 Å². The molecule has 3 aromatic carbocycles. The molecule has 1 saturated heterocycles. The minimum atomic E-state index is 0.0389. The molecule has 1 unspecified atom stereocenters. The van der Waals surface area contributed by atoms with Crippen molar-refractivity contribution in [1.82, 2.24) is 4.90 Å². The number of ether oxygens (including phenoxy) is 1. The lowest BCUT2D eigenvalue weighted by molar-refractivity contribution is 0.160. The molecule has 4 rings (SSSR count). The second-order valence-corrected chi connectivity index (χ2v) is 8.23. The van der Waals surface area contributed by atoms with Crippen LogP contribution in [0.4, 0.5) is 5.69 Å². The monoisotopic (exact) mass is 416 g/mol. The number of rotatable bonds is 8. The Balaban J connectivity index is 1.36. The van der Waals surface area contributed by atoms with Crippen molar-refractivity contribution in [2.45, 2.75) is 26.1 Å². The summed E-state index contributed by atoms with van der Waals surface area (Å²) in [5.74, 6) is 0.921. The van der Waals surface area contributed by atoms with Gasteiger partial charge in [0.2, 0.25) is 0 Å². The number of aryl methyl sites for hydroxylation is 1. The molecule has 0 amide bonds. The quantitative estimate of drug-likeness (QED) is 0.571. The van der Waals surface area contributed by atoms with Crippen LogP contribution in [-0.4, -0.2) is 42.7 Å². The molecule has 3 aromatic rings. The summed E-state index contributed by atoms with van der Waals surface area (Å²) < 4.78 is 6.40. The Morgan fingerprint density at radius 1 is 0.839 bits per heavy atom. The van der Waals surface area contributed by atoms with Crippen LogP contribution in [0.2, 0.25) is 0 Å². The number of hydrogen-bond acceptors (Lipinski definition) is 4. The molecule has 1 fully saturated rings. The fourth-order valence-corrected chi connectivity index (χ4v) is 4.21. The Hall–Kier alpha value is -2.82. The van der Waals surface area contributed by atoms with Gasteiger partial charge in [-0.1, -0.05) is 66.2 Å². The number of piperazine rings is 1. The summed E-state index contributed by atoms with van der Waals surface area (Å²) in [6.07, 6.45) is 0.988. The fourth-order valence-electron chi connectivity index (χ4n) is 4.21. The largest absolute Gasteiger partial charge is 0.486 e. The van der Waals surface area contributed by atoms with Crippen molar-refractivity contribution in [2.75, 3.05) is 37.6 Å². The van der Waals surface area contributed by atoms with E-state index in [1.165, 1.54) is 11.1 Å². The zero-order valence-corrected chi connectivity index (χ0v) is 18.3. The van der Waals surface area contributed by atoms with Crippen LogP contribution in [-0.2, 0) is 6.61 Å². The van der Waals surface area contributed by atoms with Crippen molar-refractivity contribution >= 4 is 5.69 Å². The van der Waals surface area contributed by atoms with Crippen LogP contribution < -0.4 is 9.64 Å². The second kappa shape index (κ2) is 10.5. The number of benzene rings is 3. The van der Waals surface area contributed by atoms with Gasteiger partial charge in [-0.25, -0.2) is 0 Å². The van der Waals surface area contributed by atoms with E-state index in [-0.39, 0.29) is 12.7 Å². The first-order valence-corrected chi connectivity index (χ1v) is 11.2. The number of aliphatic hydroxyl groups excluding tert-OH is 1. The summed E-state index contributed by atoms with van der Waals surface area (Å²) in [6.45, 7) is 7.18. The number of aliphatic hydroxyl groups is 1. The SMILES string of the molecule is Cc1ccc(OC(CCN2CCN(c3ccccc3CO)CC2)c2ccccc2)cc1. The predicted molar refractivity (Wildman–Crippen MR) is 127 cm³/mol. The lowest BCUT2D eigenvalue weighted by Gasteiger charge is -2.37. The maximum atomic E-state index is 9.64. The van der Waals surface area contributed by atoms with Crippen LogP contribution in [0.5, 0.6) is 5.75 Å². The molecule has 1 heterocycles. The molecule has 1 aliphatic heterocycles. The molecule has 1 N–H and O–H groups in total. The van der Waals surface area contributed by atoms with Crippen molar-refractivity contribution in [3.05, 3.63) is 95.6 Å². The number of nitrogens with zero attached hydrogens (tertiary/aromatic N) is 2. The summed E-state index contributed by atoms with van der Waals surface area (Å²) >= 11 is 0.